The SMILES string of the molecule is CNC(=O)[C@H](CC=CC1CCCC1)OC(N)=O. The molecule has 0 aliphatic heterocycles. The van der Waals surface area contributed by atoms with E-state index >= 15 is 0 Å². The molecule has 96 valence electrons. The van der Waals surface area contributed by atoms with E-state index in [2.05, 4.69) is 11.4 Å². The smallest absolute Gasteiger partial charge is 0.405 e. The lowest BCUT2D eigenvalue weighted by Crippen LogP contribution is -2.36. The van der Waals surface area contributed by atoms with Gasteiger partial charge in [-0.05, 0) is 18.8 Å². The van der Waals surface area contributed by atoms with Crippen LogP contribution in [0.15, 0.2) is 12.2 Å². The van der Waals surface area contributed by atoms with Crippen molar-refractivity contribution >= 4 is 12.0 Å². The topological polar surface area (TPSA) is 81.4 Å². The van der Waals surface area contributed by atoms with E-state index in [-0.39, 0.29) is 5.91 Å². The molecule has 1 aliphatic rings. The largest absolute Gasteiger partial charge is 0.436 e. The van der Waals surface area contributed by atoms with Gasteiger partial charge in [-0.15, -0.1) is 0 Å². The second-order valence-electron chi connectivity index (χ2n) is 4.25. The zero-order valence-electron chi connectivity index (χ0n) is 10.1. The molecule has 2 amide bonds. The van der Waals surface area contributed by atoms with Crippen LogP contribution in [0.25, 0.3) is 0 Å². The number of amides is 2. The molecule has 0 aromatic heterocycles. The van der Waals surface area contributed by atoms with Crippen LogP contribution in [0, 0.1) is 5.92 Å². The van der Waals surface area contributed by atoms with Crippen molar-refractivity contribution in [3.05, 3.63) is 12.2 Å². The molecule has 5 nitrogen and oxygen atoms in total. The van der Waals surface area contributed by atoms with Crippen LogP contribution in [0.5, 0.6) is 0 Å². The average Bonchev–Trinajstić information content (AvgIpc) is 2.79. The van der Waals surface area contributed by atoms with Gasteiger partial charge in [-0.3, -0.25) is 4.79 Å². The molecule has 0 unspecified atom stereocenters. The highest BCUT2D eigenvalue weighted by Crippen LogP contribution is 2.25. The maximum atomic E-state index is 11.4. The molecule has 0 aromatic carbocycles. The summed E-state index contributed by atoms with van der Waals surface area (Å²) in [6, 6.07) is 0. The number of nitrogens with one attached hydrogen (secondary N) is 1. The van der Waals surface area contributed by atoms with Crippen LogP contribution in [-0.4, -0.2) is 25.2 Å². The summed E-state index contributed by atoms with van der Waals surface area (Å²) in [7, 11) is 1.50. The van der Waals surface area contributed by atoms with E-state index in [0.717, 1.165) is 0 Å². The summed E-state index contributed by atoms with van der Waals surface area (Å²) in [5, 5.41) is 2.44. The number of hydrogen-bond donors (Lipinski definition) is 2. The molecule has 3 N–H and O–H groups in total. The van der Waals surface area contributed by atoms with Crippen LogP contribution in [0.4, 0.5) is 4.79 Å². The Labute approximate surface area is 101 Å². The van der Waals surface area contributed by atoms with E-state index in [1.165, 1.54) is 32.7 Å². The van der Waals surface area contributed by atoms with Crippen molar-refractivity contribution in [3.8, 4) is 0 Å². The molecule has 5 heteroatoms. The Kier molecular flexibility index (Phi) is 5.52. The van der Waals surface area contributed by atoms with Gasteiger partial charge in [0.25, 0.3) is 5.91 Å². The summed E-state index contributed by atoms with van der Waals surface area (Å²) < 4.78 is 4.74. The van der Waals surface area contributed by atoms with E-state index in [1.54, 1.807) is 0 Å². The van der Waals surface area contributed by atoms with Crippen molar-refractivity contribution in [3.63, 3.8) is 0 Å². The fourth-order valence-corrected chi connectivity index (χ4v) is 2.05. The molecule has 0 saturated heterocycles. The molecule has 1 saturated carbocycles. The van der Waals surface area contributed by atoms with E-state index in [1.807, 2.05) is 6.08 Å². The van der Waals surface area contributed by atoms with Gasteiger partial charge in [-0.1, -0.05) is 25.0 Å². The Bertz CT molecular complexity index is 296. The summed E-state index contributed by atoms with van der Waals surface area (Å²) in [5.74, 6) is 0.272. The van der Waals surface area contributed by atoms with Gasteiger partial charge in [0, 0.05) is 13.5 Å². The van der Waals surface area contributed by atoms with Gasteiger partial charge in [0.2, 0.25) is 0 Å². The van der Waals surface area contributed by atoms with Crippen molar-refractivity contribution in [1.29, 1.82) is 0 Å². The maximum Gasteiger partial charge on any atom is 0.405 e. The Morgan fingerprint density at radius 2 is 2.12 bits per heavy atom. The van der Waals surface area contributed by atoms with Crippen LogP contribution in [0.3, 0.4) is 0 Å². The molecular formula is C12H20N2O3. The maximum absolute atomic E-state index is 11.4. The molecular weight excluding hydrogens is 220 g/mol. The Hall–Kier alpha value is -1.52. The quantitative estimate of drug-likeness (QED) is 0.711. The first-order chi connectivity index (χ1) is 8.13. The lowest BCUT2D eigenvalue weighted by molar-refractivity contribution is -0.128. The third-order valence-corrected chi connectivity index (χ3v) is 2.96. The predicted octanol–water partition coefficient (Wildman–Crippen LogP) is 1.33. The summed E-state index contributed by atoms with van der Waals surface area (Å²) in [6.07, 6.45) is 7.58. The second-order valence-corrected chi connectivity index (χ2v) is 4.25. The Morgan fingerprint density at radius 3 is 2.65 bits per heavy atom. The molecule has 1 fully saturated rings. The number of hydrogen-bond acceptors (Lipinski definition) is 3. The number of primary amides is 1. The van der Waals surface area contributed by atoms with Crippen molar-refractivity contribution in [1.82, 2.24) is 5.32 Å². The molecule has 17 heavy (non-hydrogen) atoms. The third kappa shape index (κ3) is 4.89. The van der Waals surface area contributed by atoms with Crippen LogP contribution in [0.1, 0.15) is 32.1 Å². The first-order valence-corrected chi connectivity index (χ1v) is 5.98. The van der Waals surface area contributed by atoms with Crippen LogP contribution >= 0.6 is 0 Å². The van der Waals surface area contributed by atoms with Gasteiger partial charge in [-0.2, -0.15) is 0 Å². The van der Waals surface area contributed by atoms with E-state index in [0.29, 0.717) is 12.3 Å². The highest BCUT2D eigenvalue weighted by molar-refractivity contribution is 5.83. The van der Waals surface area contributed by atoms with Gasteiger partial charge >= 0.3 is 6.09 Å². The Morgan fingerprint density at radius 1 is 1.47 bits per heavy atom. The van der Waals surface area contributed by atoms with Crippen molar-refractivity contribution in [2.75, 3.05) is 7.05 Å². The number of likely N-dealkylation sites (N-methyl/N-ethyl adjacent to an activating group) is 1. The molecule has 0 spiro atoms. The number of ether oxygens (including phenoxy) is 1. The highest BCUT2D eigenvalue weighted by Gasteiger charge is 2.19. The van der Waals surface area contributed by atoms with Gasteiger partial charge in [-0.25, -0.2) is 4.79 Å². The van der Waals surface area contributed by atoms with Gasteiger partial charge in [0.15, 0.2) is 6.10 Å². The summed E-state index contributed by atoms with van der Waals surface area (Å²) >= 11 is 0. The molecule has 1 aliphatic carbocycles. The normalized spacial score (nSPS) is 18.2. The number of rotatable bonds is 5. The van der Waals surface area contributed by atoms with E-state index < -0.39 is 12.2 Å². The lowest BCUT2D eigenvalue weighted by Gasteiger charge is -2.13. The minimum Gasteiger partial charge on any atom is -0.436 e. The predicted molar refractivity (Wildman–Crippen MR) is 64.2 cm³/mol. The number of nitrogens with two attached hydrogens (primary N) is 1. The van der Waals surface area contributed by atoms with E-state index in [9.17, 15) is 9.59 Å². The van der Waals surface area contributed by atoms with Crippen LogP contribution < -0.4 is 11.1 Å². The summed E-state index contributed by atoms with van der Waals surface area (Å²) in [4.78, 5) is 22.0. The van der Waals surface area contributed by atoms with Crippen molar-refractivity contribution in [2.45, 2.75) is 38.2 Å². The average molecular weight is 240 g/mol. The summed E-state index contributed by atoms with van der Waals surface area (Å²) in [5.41, 5.74) is 4.91. The lowest BCUT2D eigenvalue weighted by atomic mass is 10.1. The number of carbonyl (C=O) groups is 2. The fraction of sp³-hybridized carbons (Fsp3) is 0.667. The molecule has 0 aromatic rings. The molecule has 0 heterocycles. The molecule has 1 rings (SSSR count). The van der Waals surface area contributed by atoms with Crippen LogP contribution in [0.2, 0.25) is 0 Å². The molecule has 0 radical (unpaired) electrons. The minimum atomic E-state index is -0.923. The van der Waals surface area contributed by atoms with Gasteiger partial charge in [0.05, 0.1) is 0 Å². The third-order valence-electron chi connectivity index (χ3n) is 2.96. The van der Waals surface area contributed by atoms with Gasteiger partial charge in [0.1, 0.15) is 0 Å². The molecule has 1 atom stereocenters. The zero-order chi connectivity index (χ0) is 12.7. The minimum absolute atomic E-state index is 0.333. The van der Waals surface area contributed by atoms with Gasteiger partial charge < -0.3 is 15.8 Å². The van der Waals surface area contributed by atoms with Crippen molar-refractivity contribution < 1.29 is 14.3 Å². The zero-order valence-corrected chi connectivity index (χ0v) is 10.1. The van der Waals surface area contributed by atoms with Crippen LogP contribution in [-0.2, 0) is 9.53 Å². The fourth-order valence-electron chi connectivity index (χ4n) is 2.05. The monoisotopic (exact) mass is 240 g/mol. The standard InChI is InChI=1S/C12H20N2O3/c1-14-11(15)10(17-12(13)16)8-4-7-9-5-2-3-6-9/h4,7,9-10H,2-3,5-6,8H2,1H3,(H2,13,16)(H,14,15)/t10-/m0/s1. The molecule has 0 bridgehead atoms. The van der Waals surface area contributed by atoms with E-state index in [4.69, 9.17) is 10.5 Å². The number of allylic oxidation sites excluding steroid dienone is 1. The highest BCUT2D eigenvalue weighted by atomic mass is 16.6. The van der Waals surface area contributed by atoms with Crippen molar-refractivity contribution in [2.24, 2.45) is 11.7 Å². The Balaban J connectivity index is 2.41. The second kappa shape index (κ2) is 6.93. The first-order valence-electron chi connectivity index (χ1n) is 5.98. The number of carbonyl (C=O) groups excluding carboxylic acids is 2. The first kappa shape index (κ1) is 13.5. The summed E-state index contributed by atoms with van der Waals surface area (Å²) in [6.45, 7) is 0.